The van der Waals surface area contributed by atoms with Gasteiger partial charge in [-0.1, -0.05) is 18.6 Å². The molecule has 1 saturated heterocycles. The van der Waals surface area contributed by atoms with Gasteiger partial charge >= 0.3 is 0 Å². The van der Waals surface area contributed by atoms with E-state index < -0.39 is 0 Å². The van der Waals surface area contributed by atoms with Crippen LogP contribution >= 0.6 is 0 Å². The number of amides is 1. The Morgan fingerprint density at radius 3 is 2.75 bits per heavy atom. The molecule has 1 atom stereocenters. The number of likely N-dealkylation sites (tertiary alicyclic amines) is 1. The molecule has 1 fully saturated rings. The zero-order valence-electron chi connectivity index (χ0n) is 14.0. The third-order valence-electron chi connectivity index (χ3n) is 4.52. The van der Waals surface area contributed by atoms with Crippen molar-refractivity contribution >= 4 is 5.91 Å². The lowest BCUT2D eigenvalue weighted by Crippen LogP contribution is -2.34. The highest BCUT2D eigenvalue weighted by molar-refractivity contribution is 5.96. The average Bonchev–Trinajstić information content (AvgIpc) is 2.80. The van der Waals surface area contributed by atoms with E-state index in [0.717, 1.165) is 24.8 Å². The summed E-state index contributed by atoms with van der Waals surface area (Å²) in [4.78, 5) is 14.8. The van der Waals surface area contributed by atoms with Crippen molar-refractivity contribution in [2.75, 3.05) is 20.2 Å². The number of carbonyl (C=O) groups is 1. The van der Waals surface area contributed by atoms with Crippen LogP contribution in [0.3, 0.4) is 0 Å². The third kappa shape index (κ3) is 3.42. The molecule has 1 aromatic heterocycles. The summed E-state index contributed by atoms with van der Waals surface area (Å²) in [5.74, 6) is 0.277. The molecule has 0 saturated carbocycles. The lowest BCUT2D eigenvalue weighted by atomic mass is 9.94. The van der Waals surface area contributed by atoms with Crippen LogP contribution in [0.15, 0.2) is 30.5 Å². The van der Waals surface area contributed by atoms with Gasteiger partial charge in [0.1, 0.15) is 11.4 Å². The van der Waals surface area contributed by atoms with Crippen LogP contribution < -0.4 is 4.74 Å². The molecule has 6 heteroatoms. The highest BCUT2D eigenvalue weighted by Gasteiger charge is 2.27. The second kappa shape index (κ2) is 7.03. The fraction of sp³-hybridized carbons (Fsp3) is 0.444. The van der Waals surface area contributed by atoms with Gasteiger partial charge in [-0.15, -0.1) is 5.10 Å². The number of halogens is 1. The minimum absolute atomic E-state index is 0.0611. The quantitative estimate of drug-likeness (QED) is 0.869. The Morgan fingerprint density at radius 2 is 2.04 bits per heavy atom. The predicted octanol–water partition coefficient (Wildman–Crippen LogP) is 2.98. The number of carbonyl (C=O) groups excluding carboxylic acids is 1. The van der Waals surface area contributed by atoms with Crippen molar-refractivity contribution in [2.24, 2.45) is 7.05 Å². The first kappa shape index (κ1) is 16.5. The van der Waals surface area contributed by atoms with E-state index in [1.165, 1.54) is 19.2 Å². The smallest absolute Gasteiger partial charge is 0.260 e. The predicted molar refractivity (Wildman–Crippen MR) is 88.7 cm³/mol. The largest absolute Gasteiger partial charge is 0.479 e. The number of hydrogen-bond acceptors (Lipinski definition) is 3. The molecule has 1 aliphatic rings. The van der Waals surface area contributed by atoms with Crippen LogP contribution in [0, 0.1) is 5.82 Å². The van der Waals surface area contributed by atoms with Crippen LogP contribution in [-0.2, 0) is 7.05 Å². The molecule has 1 aromatic carbocycles. The standard InChI is InChI=1S/C18H22FN3O2/c1-21-12-16(17(20-21)24-2)18(23)22-10-4-3-5-14(11-22)13-6-8-15(19)9-7-13/h6-9,12,14H,3-5,10-11H2,1-2H3. The van der Waals surface area contributed by atoms with Gasteiger partial charge in [0.25, 0.3) is 5.91 Å². The number of ether oxygens (including phenoxy) is 1. The molecule has 0 aliphatic carbocycles. The summed E-state index contributed by atoms with van der Waals surface area (Å²) in [6.45, 7) is 1.34. The number of hydrogen-bond donors (Lipinski definition) is 0. The number of aromatic nitrogens is 2. The van der Waals surface area contributed by atoms with Crippen molar-refractivity contribution < 1.29 is 13.9 Å². The molecule has 24 heavy (non-hydrogen) atoms. The highest BCUT2D eigenvalue weighted by Crippen LogP contribution is 2.28. The van der Waals surface area contributed by atoms with Gasteiger partial charge in [0.05, 0.1) is 7.11 Å². The molecule has 0 radical (unpaired) electrons. The Kier molecular flexibility index (Phi) is 4.83. The van der Waals surface area contributed by atoms with Crippen LogP contribution in [-0.4, -0.2) is 40.8 Å². The van der Waals surface area contributed by atoms with Gasteiger partial charge in [-0.25, -0.2) is 4.39 Å². The summed E-state index contributed by atoms with van der Waals surface area (Å²) in [5.41, 5.74) is 1.56. The average molecular weight is 331 g/mol. The van der Waals surface area contributed by atoms with Crippen LogP contribution in [0.5, 0.6) is 5.88 Å². The Bertz CT molecular complexity index is 712. The van der Waals surface area contributed by atoms with E-state index in [9.17, 15) is 9.18 Å². The van der Waals surface area contributed by atoms with E-state index in [0.29, 0.717) is 24.5 Å². The van der Waals surface area contributed by atoms with Gasteiger partial charge in [0, 0.05) is 32.3 Å². The fourth-order valence-corrected chi connectivity index (χ4v) is 3.27. The van der Waals surface area contributed by atoms with Crippen molar-refractivity contribution in [3.05, 3.63) is 47.4 Å². The first-order chi connectivity index (χ1) is 11.6. The van der Waals surface area contributed by atoms with Gasteiger partial charge in [-0.3, -0.25) is 9.48 Å². The number of methoxy groups -OCH3 is 1. The summed E-state index contributed by atoms with van der Waals surface area (Å²) < 4.78 is 20.0. The zero-order chi connectivity index (χ0) is 17.1. The van der Waals surface area contributed by atoms with Crippen molar-refractivity contribution in [2.45, 2.75) is 25.2 Å². The summed E-state index contributed by atoms with van der Waals surface area (Å²) in [7, 11) is 3.28. The second-order valence-corrected chi connectivity index (χ2v) is 6.22. The molecule has 1 amide bonds. The third-order valence-corrected chi connectivity index (χ3v) is 4.52. The topological polar surface area (TPSA) is 47.4 Å². The number of aryl methyl sites for hydroxylation is 1. The van der Waals surface area contributed by atoms with Crippen molar-refractivity contribution in [3.63, 3.8) is 0 Å². The zero-order valence-corrected chi connectivity index (χ0v) is 14.0. The van der Waals surface area contributed by atoms with Crippen LogP contribution in [0.4, 0.5) is 4.39 Å². The van der Waals surface area contributed by atoms with Crippen LogP contribution in [0.2, 0.25) is 0 Å². The fourth-order valence-electron chi connectivity index (χ4n) is 3.27. The van der Waals surface area contributed by atoms with Gasteiger partial charge < -0.3 is 9.64 Å². The monoisotopic (exact) mass is 331 g/mol. The second-order valence-electron chi connectivity index (χ2n) is 6.22. The number of benzene rings is 1. The normalized spacial score (nSPS) is 18.3. The van der Waals surface area contributed by atoms with Gasteiger partial charge in [-0.05, 0) is 30.5 Å². The van der Waals surface area contributed by atoms with E-state index in [1.807, 2.05) is 17.0 Å². The maximum atomic E-state index is 13.2. The molecular formula is C18H22FN3O2. The summed E-state index contributed by atoms with van der Waals surface area (Å²) in [6, 6.07) is 6.60. The van der Waals surface area contributed by atoms with Gasteiger partial charge in [0.15, 0.2) is 0 Å². The van der Waals surface area contributed by atoms with Crippen LogP contribution in [0.1, 0.15) is 41.1 Å². The first-order valence-corrected chi connectivity index (χ1v) is 8.21. The van der Waals surface area contributed by atoms with E-state index >= 15 is 0 Å². The molecule has 3 rings (SSSR count). The number of nitrogens with zero attached hydrogens (tertiary/aromatic N) is 3. The lowest BCUT2D eigenvalue weighted by molar-refractivity contribution is 0.0751. The molecule has 2 heterocycles. The summed E-state index contributed by atoms with van der Waals surface area (Å²) in [5, 5.41) is 4.16. The van der Waals surface area contributed by atoms with Crippen molar-refractivity contribution in [1.82, 2.24) is 14.7 Å². The Hall–Kier alpha value is -2.37. The van der Waals surface area contributed by atoms with Gasteiger partial charge in [0.2, 0.25) is 5.88 Å². The Balaban J connectivity index is 1.81. The SMILES string of the molecule is COc1nn(C)cc1C(=O)N1CCCCC(c2ccc(F)cc2)C1. The molecular weight excluding hydrogens is 309 g/mol. The molecule has 0 N–H and O–H groups in total. The molecule has 2 aromatic rings. The van der Waals surface area contributed by atoms with E-state index in [2.05, 4.69) is 5.10 Å². The highest BCUT2D eigenvalue weighted by atomic mass is 19.1. The molecule has 1 unspecified atom stereocenters. The van der Waals surface area contributed by atoms with E-state index in [1.54, 1.807) is 17.9 Å². The molecule has 0 bridgehead atoms. The van der Waals surface area contributed by atoms with E-state index in [-0.39, 0.29) is 17.6 Å². The molecule has 1 aliphatic heterocycles. The Labute approximate surface area is 141 Å². The maximum Gasteiger partial charge on any atom is 0.260 e. The summed E-state index contributed by atoms with van der Waals surface area (Å²) in [6.07, 6.45) is 4.71. The van der Waals surface area contributed by atoms with Crippen LogP contribution in [0.25, 0.3) is 0 Å². The van der Waals surface area contributed by atoms with E-state index in [4.69, 9.17) is 4.74 Å². The lowest BCUT2D eigenvalue weighted by Gasteiger charge is -2.24. The van der Waals surface area contributed by atoms with Crippen molar-refractivity contribution in [3.8, 4) is 5.88 Å². The maximum absolute atomic E-state index is 13.2. The summed E-state index contributed by atoms with van der Waals surface area (Å²) >= 11 is 0. The minimum Gasteiger partial charge on any atom is -0.479 e. The first-order valence-electron chi connectivity index (χ1n) is 8.21. The number of rotatable bonds is 3. The van der Waals surface area contributed by atoms with Gasteiger partial charge in [-0.2, -0.15) is 0 Å². The molecule has 128 valence electrons. The Morgan fingerprint density at radius 1 is 1.29 bits per heavy atom. The molecule has 0 spiro atoms. The van der Waals surface area contributed by atoms with Crippen molar-refractivity contribution in [1.29, 1.82) is 0 Å². The molecule has 5 nitrogen and oxygen atoms in total. The minimum atomic E-state index is -0.236.